The van der Waals surface area contributed by atoms with Gasteiger partial charge in [-0.25, -0.2) is 4.98 Å². The lowest BCUT2D eigenvalue weighted by Crippen LogP contribution is -2.22. The van der Waals surface area contributed by atoms with Gasteiger partial charge in [-0.1, -0.05) is 11.8 Å². The normalized spacial score (nSPS) is 12.0. The summed E-state index contributed by atoms with van der Waals surface area (Å²) in [6.45, 7) is 3.61. The maximum Gasteiger partial charge on any atom is 0.256 e. The van der Waals surface area contributed by atoms with E-state index in [4.69, 9.17) is 14.9 Å². The third kappa shape index (κ3) is 3.91. The van der Waals surface area contributed by atoms with E-state index in [-0.39, 0.29) is 11.2 Å². The van der Waals surface area contributed by atoms with Crippen molar-refractivity contribution in [3.8, 4) is 5.75 Å². The van der Waals surface area contributed by atoms with Gasteiger partial charge in [-0.15, -0.1) is 0 Å². The molecule has 2 rings (SSSR count). The summed E-state index contributed by atoms with van der Waals surface area (Å²) in [4.78, 5) is 16.4. The van der Waals surface area contributed by atoms with E-state index in [0.29, 0.717) is 22.3 Å². The Bertz CT molecular complexity index is 642. The molecule has 0 bridgehead atoms. The molecule has 1 aromatic heterocycles. The fourth-order valence-corrected chi connectivity index (χ4v) is 2.42. The van der Waals surface area contributed by atoms with Crippen molar-refractivity contribution in [3.63, 3.8) is 0 Å². The first kappa shape index (κ1) is 15.2. The molecule has 0 radical (unpaired) electrons. The number of aromatic nitrogens is 1. The van der Waals surface area contributed by atoms with Crippen LogP contribution in [0.1, 0.15) is 12.6 Å². The molecule has 0 aliphatic carbocycles. The average Bonchev–Trinajstić information content (AvgIpc) is 2.84. The fourth-order valence-electron chi connectivity index (χ4n) is 1.65. The number of carbonyl (C=O) groups excluding carboxylic acids is 1. The van der Waals surface area contributed by atoms with Gasteiger partial charge in [0.15, 0.2) is 0 Å². The SMILES string of the molecule is COc1ccc(N)cc1NC(=O)C(C)Sc1nc(C)co1. The van der Waals surface area contributed by atoms with Gasteiger partial charge >= 0.3 is 0 Å². The zero-order chi connectivity index (χ0) is 15.4. The highest BCUT2D eigenvalue weighted by molar-refractivity contribution is 8.00. The van der Waals surface area contributed by atoms with Gasteiger partial charge in [0.25, 0.3) is 5.22 Å². The van der Waals surface area contributed by atoms with Crippen LogP contribution in [0.25, 0.3) is 0 Å². The number of benzene rings is 1. The maximum absolute atomic E-state index is 12.2. The molecule has 6 nitrogen and oxygen atoms in total. The molecule has 1 aromatic carbocycles. The quantitative estimate of drug-likeness (QED) is 0.652. The van der Waals surface area contributed by atoms with Crippen molar-refractivity contribution < 1.29 is 13.9 Å². The van der Waals surface area contributed by atoms with Crippen LogP contribution in [-0.4, -0.2) is 23.3 Å². The zero-order valence-corrected chi connectivity index (χ0v) is 12.9. The molecule has 0 fully saturated rings. The number of carbonyl (C=O) groups is 1. The number of rotatable bonds is 5. The van der Waals surface area contributed by atoms with Crippen LogP contribution in [0.15, 0.2) is 34.1 Å². The average molecular weight is 307 g/mol. The van der Waals surface area contributed by atoms with E-state index in [2.05, 4.69) is 10.3 Å². The number of nitrogens with one attached hydrogen (secondary N) is 1. The van der Waals surface area contributed by atoms with Crippen molar-refractivity contribution in [3.05, 3.63) is 30.2 Å². The molecule has 1 atom stereocenters. The molecule has 0 aliphatic heterocycles. The van der Waals surface area contributed by atoms with Gasteiger partial charge in [0.1, 0.15) is 12.0 Å². The van der Waals surface area contributed by atoms with E-state index in [1.807, 2.05) is 6.92 Å². The summed E-state index contributed by atoms with van der Waals surface area (Å²) in [7, 11) is 1.54. The Morgan fingerprint density at radius 2 is 2.29 bits per heavy atom. The van der Waals surface area contributed by atoms with Gasteiger partial charge in [-0.2, -0.15) is 0 Å². The number of hydrogen-bond donors (Lipinski definition) is 2. The molecule has 0 aliphatic rings. The summed E-state index contributed by atoms with van der Waals surface area (Å²) in [6.07, 6.45) is 1.55. The second kappa shape index (κ2) is 6.53. The van der Waals surface area contributed by atoms with Crippen LogP contribution < -0.4 is 15.8 Å². The van der Waals surface area contributed by atoms with Crippen molar-refractivity contribution in [2.45, 2.75) is 24.3 Å². The number of ether oxygens (including phenoxy) is 1. The largest absolute Gasteiger partial charge is 0.495 e. The lowest BCUT2D eigenvalue weighted by molar-refractivity contribution is -0.115. The predicted molar refractivity (Wildman–Crippen MR) is 82.6 cm³/mol. The first-order valence-corrected chi connectivity index (χ1v) is 7.20. The van der Waals surface area contributed by atoms with Crippen molar-refractivity contribution in [2.24, 2.45) is 0 Å². The summed E-state index contributed by atoms with van der Waals surface area (Å²) in [5.41, 5.74) is 7.59. The van der Waals surface area contributed by atoms with Crippen LogP contribution >= 0.6 is 11.8 Å². The molecule has 1 unspecified atom stereocenters. The number of nitrogen functional groups attached to an aromatic ring is 1. The van der Waals surface area contributed by atoms with Crippen LogP contribution in [0.3, 0.4) is 0 Å². The number of amides is 1. The fraction of sp³-hybridized carbons (Fsp3) is 0.286. The minimum atomic E-state index is -0.366. The minimum Gasteiger partial charge on any atom is -0.495 e. The van der Waals surface area contributed by atoms with Crippen LogP contribution in [0.5, 0.6) is 5.75 Å². The van der Waals surface area contributed by atoms with E-state index in [0.717, 1.165) is 5.69 Å². The highest BCUT2D eigenvalue weighted by Gasteiger charge is 2.18. The third-order valence-corrected chi connectivity index (χ3v) is 3.68. The Hall–Kier alpha value is -2.15. The highest BCUT2D eigenvalue weighted by Crippen LogP contribution is 2.28. The summed E-state index contributed by atoms with van der Waals surface area (Å²) < 4.78 is 10.4. The number of thioether (sulfide) groups is 1. The Morgan fingerprint density at radius 1 is 1.52 bits per heavy atom. The summed E-state index contributed by atoms with van der Waals surface area (Å²) in [5.74, 6) is 0.376. The molecule has 1 amide bonds. The zero-order valence-electron chi connectivity index (χ0n) is 12.0. The van der Waals surface area contributed by atoms with Crippen LogP contribution in [0.2, 0.25) is 0 Å². The summed E-state index contributed by atoms with van der Waals surface area (Å²) >= 11 is 1.25. The van der Waals surface area contributed by atoms with E-state index < -0.39 is 0 Å². The Balaban J connectivity index is 2.05. The Labute approximate surface area is 127 Å². The second-order valence-corrected chi connectivity index (χ2v) is 5.76. The monoisotopic (exact) mass is 307 g/mol. The predicted octanol–water partition coefficient (Wildman–Crippen LogP) is 2.69. The van der Waals surface area contributed by atoms with Crippen LogP contribution in [0, 0.1) is 6.92 Å². The van der Waals surface area contributed by atoms with E-state index in [1.54, 1.807) is 31.4 Å². The molecule has 0 saturated heterocycles. The molecule has 112 valence electrons. The van der Waals surface area contributed by atoms with E-state index in [9.17, 15) is 4.79 Å². The Kier molecular flexibility index (Phi) is 4.74. The Morgan fingerprint density at radius 3 is 2.90 bits per heavy atom. The molecular weight excluding hydrogens is 290 g/mol. The highest BCUT2D eigenvalue weighted by atomic mass is 32.2. The van der Waals surface area contributed by atoms with Gasteiger partial charge in [-0.3, -0.25) is 4.79 Å². The van der Waals surface area contributed by atoms with Crippen molar-refractivity contribution in [1.29, 1.82) is 0 Å². The number of methoxy groups -OCH3 is 1. The number of nitrogens with zero attached hydrogens (tertiary/aromatic N) is 1. The molecule has 3 N–H and O–H groups in total. The smallest absolute Gasteiger partial charge is 0.256 e. The van der Waals surface area contributed by atoms with Crippen LogP contribution in [0.4, 0.5) is 11.4 Å². The molecule has 0 saturated carbocycles. The first-order chi connectivity index (χ1) is 9.99. The van der Waals surface area contributed by atoms with Crippen LogP contribution in [-0.2, 0) is 4.79 Å². The molecule has 1 heterocycles. The number of hydrogen-bond acceptors (Lipinski definition) is 6. The number of aryl methyl sites for hydroxylation is 1. The minimum absolute atomic E-state index is 0.181. The van der Waals surface area contributed by atoms with Crippen molar-refractivity contribution in [2.75, 3.05) is 18.2 Å². The second-order valence-electron chi connectivity index (χ2n) is 4.46. The van der Waals surface area contributed by atoms with Gasteiger partial charge in [0, 0.05) is 5.69 Å². The van der Waals surface area contributed by atoms with Gasteiger partial charge in [-0.05, 0) is 32.0 Å². The number of nitrogens with two attached hydrogens (primary N) is 1. The number of oxazole rings is 1. The molecule has 2 aromatic rings. The van der Waals surface area contributed by atoms with Gasteiger partial charge in [0.05, 0.1) is 23.7 Å². The molecule has 21 heavy (non-hydrogen) atoms. The molecule has 0 spiro atoms. The first-order valence-electron chi connectivity index (χ1n) is 6.32. The molecule has 7 heteroatoms. The number of anilines is 2. The standard InChI is InChI=1S/C14H17N3O3S/c1-8-7-20-14(16-8)21-9(2)13(18)17-11-6-10(15)4-5-12(11)19-3/h4-7,9H,15H2,1-3H3,(H,17,18). The lowest BCUT2D eigenvalue weighted by atomic mass is 10.2. The van der Waals surface area contributed by atoms with Crippen molar-refractivity contribution >= 4 is 29.0 Å². The summed E-state index contributed by atoms with van der Waals surface area (Å²) in [5, 5.41) is 2.90. The van der Waals surface area contributed by atoms with E-state index >= 15 is 0 Å². The lowest BCUT2D eigenvalue weighted by Gasteiger charge is -2.13. The summed E-state index contributed by atoms with van der Waals surface area (Å²) in [6, 6.07) is 5.08. The van der Waals surface area contributed by atoms with E-state index in [1.165, 1.54) is 18.9 Å². The molecular formula is C14H17N3O3S. The van der Waals surface area contributed by atoms with Gasteiger partial charge in [0.2, 0.25) is 5.91 Å². The maximum atomic E-state index is 12.2. The topological polar surface area (TPSA) is 90.4 Å². The third-order valence-electron chi connectivity index (χ3n) is 2.73. The van der Waals surface area contributed by atoms with Gasteiger partial charge < -0.3 is 20.2 Å². The van der Waals surface area contributed by atoms with Crippen molar-refractivity contribution in [1.82, 2.24) is 4.98 Å².